The Morgan fingerprint density at radius 1 is 1.12 bits per heavy atom. The van der Waals surface area contributed by atoms with Gasteiger partial charge in [-0.15, -0.1) is 0 Å². The van der Waals surface area contributed by atoms with Crippen molar-refractivity contribution in [1.29, 1.82) is 0 Å². The number of hydrogen-bond donors (Lipinski definition) is 0. The van der Waals surface area contributed by atoms with E-state index in [-0.39, 0.29) is 6.04 Å². The van der Waals surface area contributed by atoms with Crippen LogP contribution in [0.3, 0.4) is 0 Å². The molecule has 0 bridgehead atoms. The largest absolute Gasteiger partial charge is 0.352 e. The van der Waals surface area contributed by atoms with Gasteiger partial charge in [0.25, 0.3) is 0 Å². The van der Waals surface area contributed by atoms with Crippen molar-refractivity contribution in [1.82, 2.24) is 24.6 Å². The summed E-state index contributed by atoms with van der Waals surface area (Å²) in [5, 5.41) is 6.05. The van der Waals surface area contributed by atoms with Gasteiger partial charge in [0, 0.05) is 28.7 Å². The number of likely N-dealkylation sites (tertiary alicyclic amines) is 1. The summed E-state index contributed by atoms with van der Waals surface area (Å²) in [4.78, 5) is 15.0. The van der Waals surface area contributed by atoms with Gasteiger partial charge in [-0.25, -0.2) is 14.6 Å². The van der Waals surface area contributed by atoms with E-state index in [9.17, 15) is 0 Å². The van der Waals surface area contributed by atoms with Gasteiger partial charge in [0.05, 0.1) is 17.9 Å². The van der Waals surface area contributed by atoms with Gasteiger partial charge in [-0.2, -0.15) is 5.10 Å². The number of nitrogens with zero attached hydrogens (tertiary/aromatic N) is 6. The van der Waals surface area contributed by atoms with Crippen LogP contribution in [0.5, 0.6) is 0 Å². The molecule has 33 heavy (non-hydrogen) atoms. The number of hydrogen-bond acceptors (Lipinski definition) is 5. The van der Waals surface area contributed by atoms with E-state index in [0.717, 1.165) is 41.2 Å². The van der Waals surface area contributed by atoms with Crippen molar-refractivity contribution < 1.29 is 0 Å². The molecule has 1 aromatic carbocycles. The van der Waals surface area contributed by atoms with E-state index >= 15 is 0 Å². The Hall–Kier alpha value is -1.89. The van der Waals surface area contributed by atoms with E-state index < -0.39 is 0 Å². The molecule has 2 saturated heterocycles. The normalized spacial score (nSPS) is 25.2. The highest BCUT2D eigenvalue weighted by molar-refractivity contribution is 6.35. The fourth-order valence-electron chi connectivity index (χ4n) is 5.64. The van der Waals surface area contributed by atoms with Crippen molar-refractivity contribution in [2.24, 2.45) is 5.92 Å². The van der Waals surface area contributed by atoms with E-state index in [1.165, 1.54) is 25.9 Å². The molecule has 5 rings (SSSR count). The Morgan fingerprint density at radius 3 is 2.61 bits per heavy atom. The lowest BCUT2D eigenvalue weighted by molar-refractivity contribution is 0.143. The minimum Gasteiger partial charge on any atom is -0.352 e. The van der Waals surface area contributed by atoms with Crippen LogP contribution in [0.2, 0.25) is 10.0 Å². The van der Waals surface area contributed by atoms with Crippen LogP contribution in [0.1, 0.15) is 57.3 Å². The number of benzene rings is 1. The maximum Gasteiger partial charge on any atom is 0.179 e. The van der Waals surface area contributed by atoms with Crippen LogP contribution in [-0.4, -0.2) is 56.4 Å². The smallest absolute Gasteiger partial charge is 0.179 e. The van der Waals surface area contributed by atoms with Crippen LogP contribution in [-0.2, 0) is 0 Å². The second-order valence-electron chi connectivity index (χ2n) is 9.80. The molecular weight excluding hydrogens is 455 g/mol. The van der Waals surface area contributed by atoms with Crippen LogP contribution in [0.15, 0.2) is 24.4 Å². The van der Waals surface area contributed by atoms with E-state index in [1.807, 2.05) is 29.9 Å². The third-order valence-electron chi connectivity index (χ3n) is 7.50. The number of rotatable bonds is 4. The Labute approximate surface area is 205 Å². The van der Waals surface area contributed by atoms with Gasteiger partial charge < -0.3 is 4.90 Å². The lowest BCUT2D eigenvalue weighted by atomic mass is 9.88. The first-order valence-electron chi connectivity index (χ1n) is 12.0. The monoisotopic (exact) mass is 486 g/mol. The fourth-order valence-corrected chi connectivity index (χ4v) is 6.21. The summed E-state index contributed by atoms with van der Waals surface area (Å²) >= 11 is 12.6. The summed E-state index contributed by atoms with van der Waals surface area (Å²) in [5.74, 6) is 1.52. The second kappa shape index (κ2) is 9.05. The molecule has 0 radical (unpaired) electrons. The standard InChI is InChI=1S/C25H32Cl2N6/c1-15-14-32(16(2)11-22(15)31-9-5-6-10-31)23-13-28-24-17(3)30-33(25(24)29-23)18(4)20-8-7-19(26)12-21(20)27/h7-8,12-13,15-16,18,22H,5-6,9-11,14H2,1-4H3. The summed E-state index contributed by atoms with van der Waals surface area (Å²) in [6.07, 6.45) is 5.75. The third-order valence-corrected chi connectivity index (χ3v) is 8.06. The van der Waals surface area contributed by atoms with Crippen LogP contribution >= 0.6 is 23.2 Å². The molecule has 2 fully saturated rings. The summed E-state index contributed by atoms with van der Waals surface area (Å²) in [6, 6.07) is 6.59. The zero-order chi connectivity index (χ0) is 23.3. The number of fused-ring (bicyclic) bond motifs is 1. The van der Waals surface area contributed by atoms with E-state index in [1.54, 1.807) is 6.07 Å². The molecule has 2 aromatic heterocycles. The van der Waals surface area contributed by atoms with Crippen molar-refractivity contribution in [3.8, 4) is 0 Å². The molecule has 3 aromatic rings. The summed E-state index contributed by atoms with van der Waals surface area (Å²) < 4.78 is 1.95. The van der Waals surface area contributed by atoms with Gasteiger partial charge >= 0.3 is 0 Å². The van der Waals surface area contributed by atoms with E-state index in [0.29, 0.717) is 28.0 Å². The van der Waals surface area contributed by atoms with Crippen LogP contribution < -0.4 is 4.90 Å². The fraction of sp³-hybridized carbons (Fsp3) is 0.560. The molecule has 4 atom stereocenters. The molecular formula is C25H32Cl2N6. The number of aryl methyl sites for hydroxylation is 1. The first-order chi connectivity index (χ1) is 15.8. The lowest BCUT2D eigenvalue weighted by Crippen LogP contribution is -2.53. The molecule has 2 aliphatic rings. The highest BCUT2D eigenvalue weighted by Crippen LogP contribution is 2.34. The Kier molecular flexibility index (Phi) is 6.27. The van der Waals surface area contributed by atoms with Crippen LogP contribution in [0, 0.1) is 12.8 Å². The van der Waals surface area contributed by atoms with E-state index in [4.69, 9.17) is 38.3 Å². The Morgan fingerprint density at radius 2 is 1.88 bits per heavy atom. The second-order valence-corrected chi connectivity index (χ2v) is 10.6. The Bertz CT molecular complexity index is 1160. The van der Waals surface area contributed by atoms with Crippen molar-refractivity contribution in [3.63, 3.8) is 0 Å². The van der Waals surface area contributed by atoms with Crippen LogP contribution in [0.4, 0.5) is 5.82 Å². The first-order valence-corrected chi connectivity index (χ1v) is 12.8. The number of aromatic nitrogens is 4. The average Bonchev–Trinajstić information content (AvgIpc) is 3.43. The predicted octanol–water partition coefficient (Wildman–Crippen LogP) is 5.75. The van der Waals surface area contributed by atoms with Crippen LogP contribution in [0.25, 0.3) is 11.2 Å². The highest BCUT2D eigenvalue weighted by Gasteiger charge is 2.36. The number of halogens is 2. The van der Waals surface area contributed by atoms with Gasteiger partial charge in [0.2, 0.25) is 0 Å². The average molecular weight is 487 g/mol. The topological polar surface area (TPSA) is 50.1 Å². The lowest BCUT2D eigenvalue weighted by Gasteiger charge is -2.45. The van der Waals surface area contributed by atoms with Crippen molar-refractivity contribution >= 4 is 40.2 Å². The minimum absolute atomic E-state index is 0.0900. The van der Waals surface area contributed by atoms with Gasteiger partial charge in [-0.05, 0) is 76.7 Å². The molecule has 0 N–H and O–H groups in total. The Balaban J connectivity index is 1.47. The molecule has 0 spiro atoms. The minimum atomic E-state index is -0.0900. The number of piperidine rings is 1. The molecule has 8 heteroatoms. The quantitative estimate of drug-likeness (QED) is 0.469. The zero-order valence-corrected chi connectivity index (χ0v) is 21.3. The molecule has 0 amide bonds. The van der Waals surface area contributed by atoms with Gasteiger partial charge in [-0.3, -0.25) is 4.90 Å². The summed E-state index contributed by atoms with van der Waals surface area (Å²) in [7, 11) is 0. The summed E-state index contributed by atoms with van der Waals surface area (Å²) in [6.45, 7) is 12.3. The van der Waals surface area contributed by atoms with Crippen molar-refractivity contribution in [3.05, 3.63) is 45.7 Å². The van der Waals surface area contributed by atoms with Crippen molar-refractivity contribution in [2.75, 3.05) is 24.5 Å². The first kappa shape index (κ1) is 22.9. The maximum atomic E-state index is 6.51. The summed E-state index contributed by atoms with van der Waals surface area (Å²) in [5.41, 5.74) is 3.47. The van der Waals surface area contributed by atoms with Gasteiger partial charge in [0.15, 0.2) is 5.65 Å². The maximum absolute atomic E-state index is 6.51. The molecule has 4 unspecified atom stereocenters. The molecule has 4 heterocycles. The van der Waals surface area contributed by atoms with Gasteiger partial charge in [0.1, 0.15) is 11.3 Å². The van der Waals surface area contributed by atoms with E-state index in [2.05, 4.69) is 30.6 Å². The molecule has 0 saturated carbocycles. The highest BCUT2D eigenvalue weighted by atomic mass is 35.5. The molecule has 6 nitrogen and oxygen atoms in total. The molecule has 0 aliphatic carbocycles. The van der Waals surface area contributed by atoms with Gasteiger partial charge in [-0.1, -0.05) is 36.2 Å². The molecule has 176 valence electrons. The SMILES string of the molecule is Cc1nn(C(C)c2ccc(Cl)cc2Cl)c2nc(N3CC(C)C(N4CCCC4)CC3C)cnc12. The predicted molar refractivity (Wildman–Crippen MR) is 136 cm³/mol. The van der Waals surface area contributed by atoms with Crippen molar-refractivity contribution in [2.45, 2.75) is 65.1 Å². The molecule has 2 aliphatic heterocycles. The zero-order valence-electron chi connectivity index (χ0n) is 19.8. The third kappa shape index (κ3) is 4.22. The number of anilines is 1.